The average molecular weight is 434 g/mol. The zero-order chi connectivity index (χ0) is 22.7. The van der Waals surface area contributed by atoms with Crippen LogP contribution in [0, 0.1) is 0 Å². The lowest BCUT2D eigenvalue weighted by Crippen LogP contribution is -2.30. The van der Waals surface area contributed by atoms with Gasteiger partial charge in [-0.2, -0.15) is 10.2 Å². The zero-order valence-electron chi connectivity index (χ0n) is 17.9. The van der Waals surface area contributed by atoms with Crippen LogP contribution in [0.5, 0.6) is 0 Å². The Morgan fingerprint density at radius 1 is 1.19 bits per heavy atom. The monoisotopic (exact) mass is 433 g/mol. The van der Waals surface area contributed by atoms with Crippen molar-refractivity contribution in [2.45, 2.75) is 31.8 Å². The van der Waals surface area contributed by atoms with Gasteiger partial charge in [0.05, 0.1) is 18.8 Å². The number of carbonyl (C=O) groups excluding carboxylic acids is 2. The van der Waals surface area contributed by atoms with Gasteiger partial charge in [0, 0.05) is 24.8 Å². The highest BCUT2D eigenvalue weighted by molar-refractivity contribution is 6.03. The number of benzene rings is 1. The Morgan fingerprint density at radius 2 is 1.97 bits per heavy atom. The molecule has 166 valence electrons. The van der Waals surface area contributed by atoms with Gasteiger partial charge in [0.1, 0.15) is 17.1 Å². The molecule has 3 heterocycles. The molecule has 0 aliphatic carbocycles. The zero-order valence-corrected chi connectivity index (χ0v) is 17.9. The molecule has 0 bridgehead atoms. The number of primary amides is 1. The minimum Gasteiger partial charge on any atom is -0.383 e. The number of hydrogen-bond acceptors (Lipinski definition) is 5. The molecule has 0 unspecified atom stereocenters. The molecule has 0 saturated carbocycles. The topological polar surface area (TPSA) is 125 Å². The minimum absolute atomic E-state index is 0.0381. The van der Waals surface area contributed by atoms with Crippen molar-refractivity contribution in [1.82, 2.24) is 24.5 Å². The van der Waals surface area contributed by atoms with Crippen LogP contribution in [0.15, 0.2) is 55.4 Å². The Morgan fingerprint density at radius 3 is 2.69 bits per heavy atom. The van der Waals surface area contributed by atoms with Crippen LogP contribution >= 0.6 is 0 Å². The fraction of sp³-hybridized carbons (Fsp3) is 0.304. The van der Waals surface area contributed by atoms with E-state index in [4.69, 9.17) is 16.6 Å². The molecule has 0 spiro atoms. The second-order valence-corrected chi connectivity index (χ2v) is 7.94. The number of rotatable bonds is 6. The van der Waals surface area contributed by atoms with Crippen molar-refractivity contribution in [2.75, 3.05) is 18.8 Å². The SMILES string of the molecule is C=CC(=O)N1CCC[C@H](n2nc(-c3cnn(Cc4ccccc4)c3)c(C(N)=O)c2N)CC1. The number of nitrogens with two attached hydrogens (primary N) is 2. The maximum Gasteiger partial charge on any atom is 0.254 e. The van der Waals surface area contributed by atoms with E-state index < -0.39 is 5.91 Å². The van der Waals surface area contributed by atoms with E-state index in [1.54, 1.807) is 20.5 Å². The second kappa shape index (κ2) is 9.09. The molecular weight excluding hydrogens is 406 g/mol. The van der Waals surface area contributed by atoms with Crippen LogP contribution in [0.1, 0.15) is 41.2 Å². The lowest BCUT2D eigenvalue weighted by Gasteiger charge is -2.19. The largest absolute Gasteiger partial charge is 0.383 e. The molecule has 32 heavy (non-hydrogen) atoms. The molecule has 1 aliphatic heterocycles. The lowest BCUT2D eigenvalue weighted by atomic mass is 10.1. The van der Waals surface area contributed by atoms with Crippen molar-refractivity contribution < 1.29 is 9.59 Å². The first-order chi connectivity index (χ1) is 15.5. The quantitative estimate of drug-likeness (QED) is 0.577. The molecule has 4 N–H and O–H groups in total. The molecule has 1 atom stereocenters. The van der Waals surface area contributed by atoms with Crippen LogP contribution in [0.2, 0.25) is 0 Å². The van der Waals surface area contributed by atoms with Crippen LogP contribution in [0.3, 0.4) is 0 Å². The summed E-state index contributed by atoms with van der Waals surface area (Å²) in [6.45, 7) is 5.39. The Kier molecular flexibility index (Phi) is 6.07. The molecule has 9 heteroatoms. The van der Waals surface area contributed by atoms with Crippen LogP contribution < -0.4 is 11.5 Å². The lowest BCUT2D eigenvalue weighted by molar-refractivity contribution is -0.125. The highest BCUT2D eigenvalue weighted by Gasteiger charge is 2.28. The van der Waals surface area contributed by atoms with Crippen molar-refractivity contribution in [1.29, 1.82) is 0 Å². The Bertz CT molecular complexity index is 1130. The summed E-state index contributed by atoms with van der Waals surface area (Å²) in [6, 6.07) is 9.93. The molecule has 1 aromatic carbocycles. The van der Waals surface area contributed by atoms with Crippen molar-refractivity contribution in [2.24, 2.45) is 5.73 Å². The molecule has 0 radical (unpaired) electrons. The molecule has 4 rings (SSSR count). The summed E-state index contributed by atoms with van der Waals surface area (Å²) in [5.41, 5.74) is 14.4. The first kappa shape index (κ1) is 21.4. The van der Waals surface area contributed by atoms with Gasteiger partial charge in [-0.15, -0.1) is 0 Å². The summed E-state index contributed by atoms with van der Waals surface area (Å²) < 4.78 is 3.47. The first-order valence-corrected chi connectivity index (χ1v) is 10.6. The van der Waals surface area contributed by atoms with E-state index >= 15 is 0 Å². The van der Waals surface area contributed by atoms with Gasteiger partial charge >= 0.3 is 0 Å². The number of amides is 2. The Balaban J connectivity index is 1.62. The van der Waals surface area contributed by atoms with Gasteiger partial charge in [0.2, 0.25) is 5.91 Å². The molecule has 3 aromatic rings. The van der Waals surface area contributed by atoms with Crippen molar-refractivity contribution >= 4 is 17.6 Å². The van der Waals surface area contributed by atoms with Crippen molar-refractivity contribution in [3.63, 3.8) is 0 Å². The van der Waals surface area contributed by atoms with Gasteiger partial charge in [0.15, 0.2) is 0 Å². The fourth-order valence-corrected chi connectivity index (χ4v) is 4.19. The third kappa shape index (κ3) is 4.27. The third-order valence-electron chi connectivity index (χ3n) is 5.82. The van der Waals surface area contributed by atoms with E-state index in [2.05, 4.69) is 11.7 Å². The molecule has 1 aliphatic rings. The van der Waals surface area contributed by atoms with Crippen LogP contribution in [-0.4, -0.2) is 49.4 Å². The van der Waals surface area contributed by atoms with Gasteiger partial charge in [-0.25, -0.2) is 4.68 Å². The summed E-state index contributed by atoms with van der Waals surface area (Å²) >= 11 is 0. The van der Waals surface area contributed by atoms with Gasteiger partial charge in [-0.05, 0) is 30.9 Å². The predicted molar refractivity (Wildman–Crippen MR) is 122 cm³/mol. The number of hydrogen-bond donors (Lipinski definition) is 2. The van der Waals surface area contributed by atoms with Gasteiger partial charge < -0.3 is 16.4 Å². The number of likely N-dealkylation sites (tertiary alicyclic amines) is 1. The molecule has 2 amide bonds. The molecule has 1 saturated heterocycles. The smallest absolute Gasteiger partial charge is 0.254 e. The van der Waals surface area contributed by atoms with E-state index in [1.807, 2.05) is 36.5 Å². The van der Waals surface area contributed by atoms with Crippen molar-refractivity contribution in [3.8, 4) is 11.3 Å². The predicted octanol–water partition coefficient (Wildman–Crippen LogP) is 2.22. The van der Waals surface area contributed by atoms with Gasteiger partial charge in [-0.1, -0.05) is 36.9 Å². The molecule has 9 nitrogen and oxygen atoms in total. The van der Waals surface area contributed by atoms with Crippen molar-refractivity contribution in [3.05, 3.63) is 66.5 Å². The van der Waals surface area contributed by atoms with E-state index in [-0.39, 0.29) is 23.3 Å². The highest BCUT2D eigenvalue weighted by atomic mass is 16.2. The maximum atomic E-state index is 12.3. The molecule has 2 aromatic heterocycles. The van der Waals surface area contributed by atoms with Crippen LogP contribution in [0.25, 0.3) is 11.3 Å². The van der Waals surface area contributed by atoms with E-state index in [9.17, 15) is 9.59 Å². The van der Waals surface area contributed by atoms with Gasteiger partial charge in [0.25, 0.3) is 5.91 Å². The minimum atomic E-state index is -0.628. The molecule has 1 fully saturated rings. The average Bonchev–Trinajstić information content (AvgIpc) is 3.30. The number of nitrogens with zero attached hydrogens (tertiary/aromatic N) is 5. The van der Waals surface area contributed by atoms with E-state index in [1.165, 1.54) is 6.08 Å². The normalized spacial score (nSPS) is 16.5. The van der Waals surface area contributed by atoms with Crippen LogP contribution in [-0.2, 0) is 11.3 Å². The third-order valence-corrected chi connectivity index (χ3v) is 5.82. The number of carbonyl (C=O) groups is 2. The summed E-state index contributed by atoms with van der Waals surface area (Å²) in [5, 5.41) is 9.11. The summed E-state index contributed by atoms with van der Waals surface area (Å²) in [5.74, 6) is -0.461. The summed E-state index contributed by atoms with van der Waals surface area (Å²) in [4.78, 5) is 26.0. The Hall–Kier alpha value is -3.88. The summed E-state index contributed by atoms with van der Waals surface area (Å²) in [6.07, 6.45) is 7.11. The maximum absolute atomic E-state index is 12.3. The number of anilines is 1. The summed E-state index contributed by atoms with van der Waals surface area (Å²) in [7, 11) is 0. The Labute approximate surface area is 186 Å². The molecular formula is C23H27N7O2. The first-order valence-electron chi connectivity index (χ1n) is 10.6. The highest BCUT2D eigenvalue weighted by Crippen LogP contribution is 2.32. The number of aromatic nitrogens is 4. The standard InChI is InChI=1S/C23H27N7O2/c1-2-19(31)28-11-6-9-18(10-12-28)30-22(24)20(23(25)32)21(27-30)17-13-26-29(15-17)14-16-7-4-3-5-8-16/h2-5,7-8,13,15,18H,1,6,9-12,14,24H2,(H2,25,32)/t18-/m0/s1. The van der Waals surface area contributed by atoms with E-state index in [0.717, 1.165) is 18.4 Å². The van der Waals surface area contributed by atoms with Gasteiger partial charge in [-0.3, -0.25) is 14.3 Å². The second-order valence-electron chi connectivity index (χ2n) is 7.94. The number of nitrogen functional groups attached to an aromatic ring is 1. The fourth-order valence-electron chi connectivity index (χ4n) is 4.19. The van der Waals surface area contributed by atoms with E-state index in [0.29, 0.717) is 37.3 Å². The van der Waals surface area contributed by atoms with Crippen LogP contribution in [0.4, 0.5) is 5.82 Å².